The van der Waals surface area contributed by atoms with Crippen LogP contribution in [0, 0.1) is 0 Å². The van der Waals surface area contributed by atoms with Crippen molar-refractivity contribution in [2.45, 2.75) is 18.8 Å². The van der Waals surface area contributed by atoms with Gasteiger partial charge in [-0.1, -0.05) is 0 Å². The number of carboxylic acid groups (broad SMARTS) is 1. The van der Waals surface area contributed by atoms with E-state index in [2.05, 4.69) is 0 Å². The van der Waals surface area contributed by atoms with Gasteiger partial charge in [-0.15, -0.1) is 0 Å². The zero-order valence-corrected chi connectivity index (χ0v) is 4.22. The van der Waals surface area contributed by atoms with Gasteiger partial charge in [0, 0.05) is 2.74 Å². The summed E-state index contributed by atoms with van der Waals surface area (Å²) >= 11 is 0. The first-order valence-electron chi connectivity index (χ1n) is 4.27. The first-order valence-corrected chi connectivity index (χ1v) is 2.32. The Balaban J connectivity index is 3.06. The van der Waals surface area contributed by atoms with Gasteiger partial charge in [0.05, 0.1) is 1.37 Å². The molecular weight excluding hydrogens is 106 g/mol. The minimum atomic E-state index is -2.45. The summed E-state index contributed by atoms with van der Waals surface area (Å²) in [6.45, 7) is -0.0250. The molecular formula is C5H9NO2. The lowest BCUT2D eigenvalue weighted by Crippen LogP contribution is -2.29. The molecule has 46 valence electrons. The third-order valence-electron chi connectivity index (χ3n) is 0.877. The fourth-order valence-electron chi connectivity index (χ4n) is 0.541. The molecule has 1 rings (SSSR count). The van der Waals surface area contributed by atoms with E-state index in [0.717, 1.165) is 0 Å². The number of carboxylic acids is 1. The van der Waals surface area contributed by atoms with Crippen molar-refractivity contribution in [3.63, 3.8) is 0 Å². The van der Waals surface area contributed by atoms with Crippen LogP contribution in [0.5, 0.6) is 0 Å². The molecule has 2 N–H and O–H groups in total. The maximum Gasteiger partial charge on any atom is 0.320 e. The van der Waals surface area contributed by atoms with E-state index in [-0.39, 0.29) is 13.0 Å². The predicted molar refractivity (Wildman–Crippen MR) is 28.7 cm³/mol. The minimum absolute atomic E-state index is 0.0250. The van der Waals surface area contributed by atoms with Crippen molar-refractivity contribution in [1.82, 2.24) is 5.31 Å². The van der Waals surface area contributed by atoms with Crippen molar-refractivity contribution in [1.29, 1.82) is 0 Å². The van der Waals surface area contributed by atoms with Gasteiger partial charge < -0.3 is 10.4 Å². The number of aliphatic carboxylic acids is 1. The van der Waals surface area contributed by atoms with Gasteiger partial charge in [0.1, 0.15) is 7.43 Å². The molecule has 1 aliphatic heterocycles. The van der Waals surface area contributed by atoms with E-state index in [9.17, 15) is 4.79 Å². The van der Waals surface area contributed by atoms with Crippen LogP contribution in [0.3, 0.4) is 0 Å². The Morgan fingerprint density at radius 1 is 2.25 bits per heavy atom. The molecule has 0 bridgehead atoms. The van der Waals surface area contributed by atoms with E-state index in [1.807, 2.05) is 0 Å². The molecule has 0 saturated carbocycles. The van der Waals surface area contributed by atoms with Gasteiger partial charge >= 0.3 is 5.97 Å². The highest BCUT2D eigenvalue weighted by Gasteiger charge is 2.20. The second-order valence-corrected chi connectivity index (χ2v) is 1.46. The van der Waals surface area contributed by atoms with Crippen LogP contribution in [0.2, 0.25) is 1.41 Å². The molecule has 0 radical (unpaired) electrons. The van der Waals surface area contributed by atoms with Gasteiger partial charge in [0.25, 0.3) is 0 Å². The summed E-state index contributed by atoms with van der Waals surface area (Å²) in [6.07, 6.45) is -2.24. The molecule has 0 aliphatic carbocycles. The first kappa shape index (κ1) is 2.35. The van der Waals surface area contributed by atoms with Crippen molar-refractivity contribution in [3.05, 3.63) is 0 Å². The molecule has 3 heteroatoms. The topological polar surface area (TPSA) is 49.3 Å². The van der Waals surface area contributed by atoms with Gasteiger partial charge in [-0.3, -0.25) is 4.79 Å². The van der Waals surface area contributed by atoms with E-state index in [1.54, 1.807) is 0 Å². The lowest BCUT2D eigenvalue weighted by atomic mass is 10.2. The van der Waals surface area contributed by atoms with Gasteiger partial charge in [-0.25, -0.2) is 0 Å². The molecule has 1 atom stereocenters. The lowest BCUT2D eigenvalue weighted by molar-refractivity contribution is -0.139. The molecule has 0 unspecified atom stereocenters. The van der Waals surface area contributed by atoms with E-state index < -0.39 is 18.4 Å². The van der Waals surface area contributed by atoms with Crippen LogP contribution in [0.4, 0.5) is 0 Å². The normalized spacial score (nSPS) is 53.5. The number of hydrogen-bond donors (Lipinski definition) is 2. The molecule has 0 aromatic heterocycles. The summed E-state index contributed by atoms with van der Waals surface area (Å²) in [5.41, 5.74) is 0. The van der Waals surface area contributed by atoms with Crippen LogP contribution in [-0.4, -0.2) is 23.6 Å². The van der Waals surface area contributed by atoms with Crippen LogP contribution < -0.4 is 5.31 Å². The Hall–Kier alpha value is -0.570. The van der Waals surface area contributed by atoms with Crippen molar-refractivity contribution < 1.29 is 15.4 Å². The molecule has 1 aliphatic rings. The molecule has 1 saturated heterocycles. The second-order valence-electron chi connectivity index (χ2n) is 1.46. The van der Waals surface area contributed by atoms with Crippen LogP contribution in [0.1, 0.15) is 16.9 Å². The van der Waals surface area contributed by atoms with Gasteiger partial charge in [-0.2, -0.15) is 0 Å². The molecule has 1 heterocycles. The third kappa shape index (κ3) is 0.980. The highest BCUT2D eigenvalue weighted by molar-refractivity contribution is 5.73. The monoisotopic (exact) mass is 119 g/mol. The fraction of sp³-hybridized carbons (Fsp3) is 0.800. The van der Waals surface area contributed by atoms with Crippen molar-refractivity contribution in [3.8, 4) is 0 Å². The van der Waals surface area contributed by atoms with E-state index in [1.165, 1.54) is 0 Å². The highest BCUT2D eigenvalue weighted by Crippen LogP contribution is 2.03. The van der Waals surface area contributed by atoms with Crippen molar-refractivity contribution in [2.24, 2.45) is 0 Å². The van der Waals surface area contributed by atoms with Crippen LogP contribution >= 0.6 is 0 Å². The van der Waals surface area contributed by atoms with E-state index in [0.29, 0.717) is 5.31 Å². The number of rotatable bonds is 1. The third-order valence-corrected chi connectivity index (χ3v) is 0.877. The number of nitrogens with one attached hydrogen (secondary N) is 1. The Morgan fingerprint density at radius 3 is 3.25 bits per heavy atom. The fourth-order valence-corrected chi connectivity index (χ4v) is 0.541. The first-order chi connectivity index (χ1) is 5.32. The highest BCUT2D eigenvalue weighted by atomic mass is 16.4. The summed E-state index contributed by atoms with van der Waals surface area (Å²) in [7, 11) is 0. The summed E-state index contributed by atoms with van der Waals surface area (Å²) < 4.78 is 28.9. The minimum Gasteiger partial charge on any atom is -0.480 e. The maximum atomic E-state index is 10.6. The molecule has 0 aromatic carbocycles. The molecule has 0 spiro atoms. The average molecular weight is 119 g/mol. The SMILES string of the molecule is [2H]N1CCC([2H])([2H])[C@@]1([2H])C(=O)O. The largest absolute Gasteiger partial charge is 0.480 e. The Morgan fingerprint density at radius 2 is 3.00 bits per heavy atom. The summed E-state index contributed by atoms with van der Waals surface area (Å²) in [5, 5.41) is 9.06. The molecule has 8 heavy (non-hydrogen) atoms. The van der Waals surface area contributed by atoms with Crippen LogP contribution in [0.15, 0.2) is 0 Å². The summed E-state index contributed by atoms with van der Waals surface area (Å²) in [5.74, 6) is -1.61. The second kappa shape index (κ2) is 2.13. The van der Waals surface area contributed by atoms with Crippen molar-refractivity contribution in [2.75, 3.05) is 6.54 Å². The Bertz CT molecular complexity index is 221. The molecule has 3 nitrogen and oxygen atoms in total. The quantitative estimate of drug-likeness (QED) is 0.503. The zero-order chi connectivity index (χ0) is 9.57. The van der Waals surface area contributed by atoms with Gasteiger partial charge in [-0.05, 0) is 19.3 Å². The number of hydrogen-bond acceptors (Lipinski definition) is 2. The Kier molecular flexibility index (Phi) is 0.627. The summed E-state index contributed by atoms with van der Waals surface area (Å²) in [6, 6.07) is -2.45. The zero-order valence-electron chi connectivity index (χ0n) is 8.22. The smallest absolute Gasteiger partial charge is 0.320 e. The molecule has 1 fully saturated rings. The van der Waals surface area contributed by atoms with Crippen molar-refractivity contribution >= 4 is 5.97 Å². The standard InChI is InChI=1S/C5H9NO2/c7-5(8)4-2-1-3-6-4/h4,6H,1-3H2,(H,7,8)/t4-/m0/s1/i2D2,4D/hD. The van der Waals surface area contributed by atoms with Crippen LogP contribution in [0.25, 0.3) is 0 Å². The van der Waals surface area contributed by atoms with E-state index in [4.69, 9.17) is 10.6 Å². The van der Waals surface area contributed by atoms with E-state index >= 15 is 0 Å². The Labute approximate surface area is 53.4 Å². The predicted octanol–water partition coefficient (Wildman–Crippen LogP) is -0.177. The van der Waals surface area contributed by atoms with Crippen LogP contribution in [-0.2, 0) is 4.79 Å². The van der Waals surface area contributed by atoms with Gasteiger partial charge in [0.15, 0.2) is 0 Å². The molecule has 0 amide bonds. The number of carbonyl (C=O) groups is 1. The average Bonchev–Trinajstić information content (AvgIpc) is 2.15. The lowest BCUT2D eigenvalue weighted by Gasteiger charge is -1.99. The maximum absolute atomic E-state index is 10.6. The summed E-state index contributed by atoms with van der Waals surface area (Å²) in [4.78, 5) is 10.6. The van der Waals surface area contributed by atoms with Gasteiger partial charge in [0.2, 0.25) is 0 Å². The molecule has 0 aromatic rings.